The Morgan fingerprint density at radius 1 is 1.90 bits per heavy atom. The van der Waals surface area contributed by atoms with Crippen molar-refractivity contribution in [3.63, 3.8) is 0 Å². The van der Waals surface area contributed by atoms with Crippen molar-refractivity contribution in [2.45, 2.75) is 13.0 Å². The first-order valence-corrected chi connectivity index (χ1v) is 2.83. The molecule has 4 heteroatoms. The molecule has 0 aromatic rings. The van der Waals surface area contributed by atoms with Gasteiger partial charge in [0.05, 0.1) is 12.7 Å². The minimum atomic E-state index is 0.0139. The SMILES string of the molecule is C#CO.CC1NCNC1=O. The summed E-state index contributed by atoms with van der Waals surface area (Å²) in [5, 5.41) is 12.6. The molecule has 56 valence electrons. The molecule has 0 radical (unpaired) electrons. The van der Waals surface area contributed by atoms with Gasteiger partial charge < -0.3 is 10.4 Å². The standard InChI is InChI=1S/C4H8N2O.C2H2O/c1-3-4(7)6-2-5-3;1-2-3/h3,5H,2H2,1H3,(H,6,7);1,3H. The molecular weight excluding hydrogens is 132 g/mol. The van der Waals surface area contributed by atoms with Crippen LogP contribution in [-0.4, -0.2) is 23.7 Å². The van der Waals surface area contributed by atoms with Crippen LogP contribution in [-0.2, 0) is 4.79 Å². The van der Waals surface area contributed by atoms with Gasteiger partial charge >= 0.3 is 0 Å². The van der Waals surface area contributed by atoms with Gasteiger partial charge in [0.15, 0.2) is 0 Å². The Morgan fingerprint density at radius 3 is 2.50 bits per heavy atom. The van der Waals surface area contributed by atoms with Crippen LogP contribution in [0.15, 0.2) is 0 Å². The second-order valence-electron chi connectivity index (χ2n) is 1.77. The fourth-order valence-corrected chi connectivity index (χ4v) is 0.537. The predicted molar refractivity (Wildman–Crippen MR) is 36.4 cm³/mol. The van der Waals surface area contributed by atoms with E-state index in [4.69, 9.17) is 5.11 Å². The van der Waals surface area contributed by atoms with E-state index in [2.05, 4.69) is 17.1 Å². The number of terminal acetylenes is 1. The Bertz CT molecular complexity index is 150. The molecule has 3 N–H and O–H groups in total. The summed E-state index contributed by atoms with van der Waals surface area (Å²) >= 11 is 0. The monoisotopic (exact) mass is 142 g/mol. The molecule has 1 heterocycles. The summed E-state index contributed by atoms with van der Waals surface area (Å²) in [5.41, 5.74) is 0. The summed E-state index contributed by atoms with van der Waals surface area (Å²) < 4.78 is 0. The average Bonchev–Trinajstić information content (AvgIpc) is 2.19. The van der Waals surface area contributed by atoms with Gasteiger partial charge in [-0.1, -0.05) is 6.42 Å². The number of rotatable bonds is 0. The molecule has 0 aromatic carbocycles. The fraction of sp³-hybridized carbons (Fsp3) is 0.500. The maximum Gasteiger partial charge on any atom is 0.237 e. The maximum absolute atomic E-state index is 10.4. The van der Waals surface area contributed by atoms with Crippen LogP contribution >= 0.6 is 0 Å². The third-order valence-electron chi connectivity index (χ3n) is 1.06. The van der Waals surface area contributed by atoms with E-state index >= 15 is 0 Å². The molecule has 0 spiro atoms. The lowest BCUT2D eigenvalue weighted by Crippen LogP contribution is -2.23. The van der Waals surface area contributed by atoms with Gasteiger partial charge in [0, 0.05) is 0 Å². The number of carbonyl (C=O) groups excluding carboxylic acids is 1. The van der Waals surface area contributed by atoms with E-state index in [1.807, 2.05) is 6.92 Å². The highest BCUT2D eigenvalue weighted by Gasteiger charge is 2.16. The largest absolute Gasteiger partial charge is 0.462 e. The van der Waals surface area contributed by atoms with E-state index in [0.717, 1.165) is 0 Å². The lowest BCUT2D eigenvalue weighted by Gasteiger charge is -1.91. The van der Waals surface area contributed by atoms with Gasteiger partial charge in [0.1, 0.15) is 6.11 Å². The van der Waals surface area contributed by atoms with Crippen LogP contribution in [0.5, 0.6) is 0 Å². The molecule has 10 heavy (non-hydrogen) atoms. The molecular formula is C6H10N2O2. The van der Waals surface area contributed by atoms with Crippen molar-refractivity contribution in [1.82, 2.24) is 10.6 Å². The fourth-order valence-electron chi connectivity index (χ4n) is 0.537. The minimum Gasteiger partial charge on any atom is -0.462 e. The highest BCUT2D eigenvalue weighted by atomic mass is 16.2. The Labute approximate surface area is 59.6 Å². The molecule has 1 aliphatic rings. The molecule has 0 bridgehead atoms. The molecule has 0 saturated carbocycles. The highest BCUT2D eigenvalue weighted by Crippen LogP contribution is 1.84. The van der Waals surface area contributed by atoms with Gasteiger partial charge in [-0.3, -0.25) is 10.1 Å². The molecule has 1 amide bonds. The van der Waals surface area contributed by atoms with Gasteiger partial charge in [-0.25, -0.2) is 0 Å². The summed E-state index contributed by atoms with van der Waals surface area (Å²) in [6.45, 7) is 2.46. The van der Waals surface area contributed by atoms with Gasteiger partial charge in [0.2, 0.25) is 5.91 Å². The van der Waals surface area contributed by atoms with Crippen molar-refractivity contribution >= 4 is 5.91 Å². The van der Waals surface area contributed by atoms with Crippen LogP contribution < -0.4 is 10.6 Å². The van der Waals surface area contributed by atoms with Crippen LogP contribution in [0.4, 0.5) is 0 Å². The quantitative estimate of drug-likeness (QED) is 0.380. The third kappa shape index (κ3) is 2.95. The number of hydrogen-bond acceptors (Lipinski definition) is 3. The number of nitrogens with one attached hydrogen (secondary N) is 2. The van der Waals surface area contributed by atoms with Crippen molar-refractivity contribution in [3.05, 3.63) is 0 Å². The van der Waals surface area contributed by atoms with Gasteiger partial charge in [0.25, 0.3) is 0 Å². The van der Waals surface area contributed by atoms with E-state index in [1.165, 1.54) is 6.11 Å². The van der Waals surface area contributed by atoms with Crippen molar-refractivity contribution in [2.24, 2.45) is 0 Å². The second-order valence-corrected chi connectivity index (χ2v) is 1.77. The average molecular weight is 142 g/mol. The summed E-state index contributed by atoms with van der Waals surface area (Å²) in [6.07, 6.45) is 5.40. The maximum atomic E-state index is 10.4. The van der Waals surface area contributed by atoms with E-state index in [9.17, 15) is 4.79 Å². The number of amides is 1. The van der Waals surface area contributed by atoms with Crippen molar-refractivity contribution < 1.29 is 9.90 Å². The summed E-state index contributed by atoms with van der Waals surface area (Å²) in [6, 6.07) is 0.0139. The third-order valence-corrected chi connectivity index (χ3v) is 1.06. The highest BCUT2D eigenvalue weighted by molar-refractivity contribution is 5.82. The van der Waals surface area contributed by atoms with Crippen LogP contribution in [0.1, 0.15) is 6.92 Å². The predicted octanol–water partition coefficient (Wildman–Crippen LogP) is -0.999. The van der Waals surface area contributed by atoms with Crippen molar-refractivity contribution in [1.29, 1.82) is 0 Å². The van der Waals surface area contributed by atoms with E-state index in [-0.39, 0.29) is 11.9 Å². The molecule has 1 saturated heterocycles. The lowest BCUT2D eigenvalue weighted by molar-refractivity contribution is -0.120. The van der Waals surface area contributed by atoms with Crippen LogP contribution in [0.3, 0.4) is 0 Å². The van der Waals surface area contributed by atoms with Gasteiger partial charge in [-0.15, -0.1) is 0 Å². The zero-order chi connectivity index (χ0) is 7.98. The van der Waals surface area contributed by atoms with E-state index in [1.54, 1.807) is 0 Å². The molecule has 0 aliphatic carbocycles. The summed E-state index contributed by atoms with van der Waals surface area (Å²) in [5.74, 6) is 0.0972. The topological polar surface area (TPSA) is 61.4 Å². The Hall–Kier alpha value is -1.21. The Morgan fingerprint density at radius 2 is 2.40 bits per heavy atom. The zero-order valence-electron chi connectivity index (χ0n) is 5.72. The second kappa shape index (κ2) is 4.65. The summed E-state index contributed by atoms with van der Waals surface area (Å²) in [7, 11) is 0. The number of hydrogen-bond donors (Lipinski definition) is 3. The van der Waals surface area contributed by atoms with Crippen LogP contribution in [0.2, 0.25) is 0 Å². The molecule has 4 nitrogen and oxygen atoms in total. The normalized spacial score (nSPS) is 22.0. The summed E-state index contributed by atoms with van der Waals surface area (Å²) in [4.78, 5) is 10.4. The molecule has 1 unspecified atom stereocenters. The zero-order valence-corrected chi connectivity index (χ0v) is 5.72. The van der Waals surface area contributed by atoms with Crippen LogP contribution in [0, 0.1) is 12.5 Å². The molecule has 1 atom stereocenters. The smallest absolute Gasteiger partial charge is 0.237 e. The minimum absolute atomic E-state index is 0.0139. The first kappa shape index (κ1) is 8.79. The van der Waals surface area contributed by atoms with Crippen molar-refractivity contribution in [2.75, 3.05) is 6.67 Å². The van der Waals surface area contributed by atoms with Crippen LogP contribution in [0.25, 0.3) is 0 Å². The molecule has 0 aromatic heterocycles. The number of aliphatic hydroxyl groups excluding tert-OH is 1. The first-order chi connectivity index (χ1) is 4.72. The van der Waals surface area contributed by atoms with Gasteiger partial charge in [-0.05, 0) is 6.92 Å². The van der Waals surface area contributed by atoms with Gasteiger partial charge in [-0.2, -0.15) is 0 Å². The Kier molecular flexibility index (Phi) is 4.09. The molecule has 1 fully saturated rings. The van der Waals surface area contributed by atoms with E-state index < -0.39 is 0 Å². The lowest BCUT2D eigenvalue weighted by atomic mass is 10.4. The number of carbonyl (C=O) groups is 1. The molecule has 1 aliphatic heterocycles. The molecule has 1 rings (SSSR count). The Balaban J connectivity index is 0.000000236. The van der Waals surface area contributed by atoms with Crippen molar-refractivity contribution in [3.8, 4) is 12.5 Å². The first-order valence-electron chi connectivity index (χ1n) is 2.83. The van der Waals surface area contributed by atoms with E-state index in [0.29, 0.717) is 6.67 Å². The number of aliphatic hydroxyl groups is 1.